The molecular formula is C24H22FN5O3. The van der Waals surface area contributed by atoms with Crippen LogP contribution in [0.2, 0.25) is 0 Å². The second kappa shape index (κ2) is 8.16. The summed E-state index contributed by atoms with van der Waals surface area (Å²) in [6.45, 7) is 2.39. The zero-order valence-corrected chi connectivity index (χ0v) is 17.9. The van der Waals surface area contributed by atoms with Crippen LogP contribution in [0.1, 0.15) is 35.4 Å². The molecule has 0 aliphatic carbocycles. The quantitative estimate of drug-likeness (QED) is 0.571. The fraction of sp³-hybridized carbons (Fsp3) is 0.250. The van der Waals surface area contributed by atoms with Gasteiger partial charge in [0.2, 0.25) is 17.8 Å². The Morgan fingerprint density at radius 1 is 1.21 bits per heavy atom. The van der Waals surface area contributed by atoms with Crippen molar-refractivity contribution in [3.63, 3.8) is 0 Å². The van der Waals surface area contributed by atoms with Crippen molar-refractivity contribution in [3.8, 4) is 0 Å². The third-order valence-electron chi connectivity index (χ3n) is 6.00. The zero-order valence-electron chi connectivity index (χ0n) is 17.9. The highest BCUT2D eigenvalue weighted by Gasteiger charge is 2.35. The fourth-order valence-corrected chi connectivity index (χ4v) is 4.41. The van der Waals surface area contributed by atoms with Crippen LogP contribution in [0, 0.1) is 12.7 Å². The van der Waals surface area contributed by atoms with E-state index in [1.54, 1.807) is 13.0 Å². The monoisotopic (exact) mass is 447 g/mol. The molecule has 2 aliphatic rings. The summed E-state index contributed by atoms with van der Waals surface area (Å²) < 4.78 is 14.2. The molecule has 0 bridgehead atoms. The molecule has 2 amide bonds. The van der Waals surface area contributed by atoms with Crippen molar-refractivity contribution in [2.45, 2.75) is 32.1 Å². The van der Waals surface area contributed by atoms with E-state index < -0.39 is 29.1 Å². The maximum Gasteiger partial charge on any atom is 0.258 e. The number of para-hydroxylation sites is 1. The first kappa shape index (κ1) is 20.9. The Morgan fingerprint density at radius 2 is 2.03 bits per heavy atom. The minimum Gasteiger partial charge on any atom is -0.323 e. The smallest absolute Gasteiger partial charge is 0.258 e. The minimum absolute atomic E-state index is 0.0101. The zero-order chi connectivity index (χ0) is 23.1. The van der Waals surface area contributed by atoms with Crippen LogP contribution in [0.3, 0.4) is 0 Å². The molecule has 8 nitrogen and oxygen atoms in total. The van der Waals surface area contributed by atoms with Gasteiger partial charge in [0.15, 0.2) is 0 Å². The molecule has 3 aromatic rings. The molecule has 33 heavy (non-hydrogen) atoms. The standard InChI is InChI=1S/C24H22FN5O3/c1-13-8-9-17(16(25)11-13)26-22(32)15-12-19(31)27-21-20(15)23(33)29-24(28-21)30-10-4-6-14-5-2-3-7-18(14)30/h2-3,5,7-9,11,15H,4,6,10,12H2,1H3,(H,26,32)(H2,27,28,29,31,33). The van der Waals surface area contributed by atoms with E-state index in [2.05, 4.69) is 20.6 Å². The van der Waals surface area contributed by atoms with Gasteiger partial charge < -0.3 is 15.5 Å². The third kappa shape index (κ3) is 3.86. The summed E-state index contributed by atoms with van der Waals surface area (Å²) in [5.74, 6) is -2.40. The van der Waals surface area contributed by atoms with Gasteiger partial charge in [0.25, 0.3) is 5.56 Å². The normalized spacial score (nSPS) is 17.1. The summed E-state index contributed by atoms with van der Waals surface area (Å²) in [6, 6.07) is 12.3. The number of H-pyrrole nitrogens is 1. The van der Waals surface area contributed by atoms with Crippen molar-refractivity contribution in [3.05, 3.63) is 75.3 Å². The Bertz CT molecular complexity index is 1340. The molecule has 9 heteroatoms. The largest absolute Gasteiger partial charge is 0.323 e. The summed E-state index contributed by atoms with van der Waals surface area (Å²) >= 11 is 0. The van der Waals surface area contributed by atoms with E-state index in [1.807, 2.05) is 29.2 Å². The van der Waals surface area contributed by atoms with Crippen LogP contribution in [0.4, 0.5) is 27.5 Å². The number of hydrogen-bond acceptors (Lipinski definition) is 5. The number of hydrogen-bond donors (Lipinski definition) is 3. The van der Waals surface area contributed by atoms with Crippen LogP contribution in [0.25, 0.3) is 0 Å². The van der Waals surface area contributed by atoms with E-state index in [9.17, 15) is 18.8 Å². The average Bonchev–Trinajstić information content (AvgIpc) is 2.79. The van der Waals surface area contributed by atoms with E-state index in [-0.39, 0.29) is 23.5 Å². The number of halogens is 1. The number of amides is 2. The van der Waals surface area contributed by atoms with Gasteiger partial charge in [0.1, 0.15) is 11.6 Å². The van der Waals surface area contributed by atoms with Crippen molar-refractivity contribution < 1.29 is 14.0 Å². The Balaban J connectivity index is 1.50. The number of aromatic nitrogens is 2. The molecule has 2 aliphatic heterocycles. The molecule has 168 valence electrons. The van der Waals surface area contributed by atoms with E-state index in [1.165, 1.54) is 12.1 Å². The highest BCUT2D eigenvalue weighted by Crippen LogP contribution is 2.34. The van der Waals surface area contributed by atoms with Gasteiger partial charge in [-0.05, 0) is 49.1 Å². The summed E-state index contributed by atoms with van der Waals surface area (Å²) in [7, 11) is 0. The Kier molecular flexibility index (Phi) is 5.16. The molecule has 3 N–H and O–H groups in total. The van der Waals surface area contributed by atoms with Crippen LogP contribution < -0.4 is 21.1 Å². The Morgan fingerprint density at radius 3 is 2.85 bits per heavy atom. The number of carbonyl (C=O) groups excluding carboxylic acids is 2. The number of fused-ring (bicyclic) bond motifs is 2. The first-order chi connectivity index (χ1) is 15.9. The molecule has 0 saturated carbocycles. The van der Waals surface area contributed by atoms with Gasteiger partial charge in [0.05, 0.1) is 17.2 Å². The van der Waals surface area contributed by atoms with Gasteiger partial charge in [0, 0.05) is 18.7 Å². The first-order valence-electron chi connectivity index (χ1n) is 10.8. The maximum atomic E-state index is 14.2. The third-order valence-corrected chi connectivity index (χ3v) is 6.00. The number of anilines is 4. The number of rotatable bonds is 3. The number of aryl methyl sites for hydroxylation is 2. The van der Waals surface area contributed by atoms with Crippen LogP contribution in [-0.2, 0) is 16.0 Å². The van der Waals surface area contributed by atoms with Crippen LogP contribution >= 0.6 is 0 Å². The second-order valence-corrected chi connectivity index (χ2v) is 8.31. The van der Waals surface area contributed by atoms with Crippen LogP contribution in [-0.4, -0.2) is 28.3 Å². The van der Waals surface area contributed by atoms with Gasteiger partial charge in [-0.15, -0.1) is 0 Å². The summed E-state index contributed by atoms with van der Waals surface area (Å²) in [5, 5.41) is 5.12. The van der Waals surface area contributed by atoms with Crippen molar-refractivity contribution in [2.75, 3.05) is 22.1 Å². The number of carbonyl (C=O) groups is 2. The lowest BCUT2D eigenvalue weighted by molar-refractivity contribution is -0.123. The predicted molar refractivity (Wildman–Crippen MR) is 122 cm³/mol. The minimum atomic E-state index is -1.09. The number of nitrogens with one attached hydrogen (secondary N) is 3. The van der Waals surface area contributed by atoms with Crippen LogP contribution in [0.5, 0.6) is 0 Å². The summed E-state index contributed by atoms with van der Waals surface area (Å²) in [6.07, 6.45) is 1.58. The molecule has 0 saturated heterocycles. The molecule has 3 heterocycles. The van der Waals surface area contributed by atoms with E-state index in [4.69, 9.17) is 0 Å². The lowest BCUT2D eigenvalue weighted by Crippen LogP contribution is -2.38. The first-order valence-corrected chi connectivity index (χ1v) is 10.8. The molecule has 1 unspecified atom stereocenters. The average molecular weight is 447 g/mol. The second-order valence-electron chi connectivity index (χ2n) is 8.31. The number of nitrogens with zero attached hydrogens (tertiary/aromatic N) is 2. The maximum absolute atomic E-state index is 14.2. The van der Waals surface area contributed by atoms with E-state index >= 15 is 0 Å². The number of benzene rings is 2. The molecular weight excluding hydrogens is 425 g/mol. The highest BCUT2D eigenvalue weighted by molar-refractivity contribution is 6.04. The van der Waals surface area contributed by atoms with Gasteiger partial charge >= 0.3 is 0 Å². The van der Waals surface area contributed by atoms with Gasteiger partial charge in [-0.2, -0.15) is 4.98 Å². The lowest BCUT2D eigenvalue weighted by Gasteiger charge is -2.31. The summed E-state index contributed by atoms with van der Waals surface area (Å²) in [4.78, 5) is 47.6. The number of aromatic amines is 1. The molecule has 0 radical (unpaired) electrons. The van der Waals surface area contributed by atoms with E-state index in [0.29, 0.717) is 18.1 Å². The van der Waals surface area contributed by atoms with Crippen LogP contribution in [0.15, 0.2) is 47.3 Å². The van der Waals surface area contributed by atoms with Gasteiger partial charge in [-0.25, -0.2) is 4.39 Å². The molecule has 5 rings (SSSR count). The van der Waals surface area contributed by atoms with Crippen molar-refractivity contribution in [1.82, 2.24) is 9.97 Å². The molecule has 1 aromatic heterocycles. The topological polar surface area (TPSA) is 107 Å². The molecule has 2 aromatic carbocycles. The van der Waals surface area contributed by atoms with Gasteiger partial charge in [-0.3, -0.25) is 19.4 Å². The van der Waals surface area contributed by atoms with E-state index in [0.717, 1.165) is 24.1 Å². The SMILES string of the molecule is Cc1ccc(NC(=O)C2CC(=O)Nc3nc(N4CCCc5ccccc54)[nH]c(=O)c32)c(F)c1. The molecule has 1 atom stereocenters. The summed E-state index contributed by atoms with van der Waals surface area (Å²) in [5.41, 5.74) is 2.34. The van der Waals surface area contributed by atoms with Crippen molar-refractivity contribution in [1.29, 1.82) is 0 Å². The predicted octanol–water partition coefficient (Wildman–Crippen LogP) is 3.37. The van der Waals surface area contributed by atoms with Crippen molar-refractivity contribution >= 4 is 35.0 Å². The molecule has 0 fully saturated rings. The highest BCUT2D eigenvalue weighted by atomic mass is 19.1. The Hall–Kier alpha value is -4.01. The lowest BCUT2D eigenvalue weighted by atomic mass is 9.92. The van der Waals surface area contributed by atoms with Crippen molar-refractivity contribution in [2.24, 2.45) is 0 Å². The molecule has 0 spiro atoms. The Labute approximate surface area is 188 Å². The fourth-order valence-electron chi connectivity index (χ4n) is 4.41. The van der Waals surface area contributed by atoms with Gasteiger partial charge in [-0.1, -0.05) is 24.3 Å².